The second kappa shape index (κ2) is 7.40. The van der Waals surface area contributed by atoms with E-state index in [1.54, 1.807) is 23.3 Å². The molecule has 0 bridgehead atoms. The van der Waals surface area contributed by atoms with E-state index in [-0.39, 0.29) is 6.61 Å². The fraction of sp³-hybridized carbons (Fsp3) is 0.136. The summed E-state index contributed by atoms with van der Waals surface area (Å²) in [6.07, 6.45) is 6.92. The highest BCUT2D eigenvalue weighted by Gasteiger charge is 2.19. The lowest BCUT2D eigenvalue weighted by atomic mass is 10.2. The first-order chi connectivity index (χ1) is 14.7. The molecule has 0 aliphatic carbocycles. The average Bonchev–Trinajstić information content (AvgIpc) is 3.31. The van der Waals surface area contributed by atoms with Crippen LogP contribution in [0.15, 0.2) is 66.3 Å². The average molecular weight is 397 g/mol. The molecule has 8 nitrogen and oxygen atoms in total. The number of oxime groups is 1. The van der Waals surface area contributed by atoms with Crippen molar-refractivity contribution in [3.05, 3.63) is 83.8 Å². The molecular weight excluding hydrogens is 378 g/mol. The quantitative estimate of drug-likeness (QED) is 0.334. The van der Waals surface area contributed by atoms with E-state index in [1.165, 1.54) is 0 Å². The maximum Gasteiger partial charge on any atom is 0.192 e. The Kier molecular flexibility index (Phi) is 4.44. The van der Waals surface area contributed by atoms with Gasteiger partial charge in [0.1, 0.15) is 6.33 Å². The van der Waals surface area contributed by atoms with Crippen molar-refractivity contribution < 1.29 is 4.84 Å². The zero-order valence-electron chi connectivity index (χ0n) is 16.6. The van der Waals surface area contributed by atoms with E-state index in [4.69, 9.17) is 4.84 Å². The molecule has 0 aliphatic heterocycles. The SMILES string of the molecule is Cc1c(C)n(-c2cccnc2)c2ncn3nc(CON=Cc4ccccc4)nc3c12. The minimum absolute atomic E-state index is 0.174. The minimum Gasteiger partial charge on any atom is -0.387 e. The van der Waals surface area contributed by atoms with E-state index in [0.717, 1.165) is 39.2 Å². The summed E-state index contributed by atoms with van der Waals surface area (Å²) < 4.78 is 3.77. The maximum atomic E-state index is 5.39. The van der Waals surface area contributed by atoms with Crippen LogP contribution in [-0.2, 0) is 11.4 Å². The Labute approximate surface area is 172 Å². The summed E-state index contributed by atoms with van der Waals surface area (Å²) in [5.74, 6) is 0.542. The summed E-state index contributed by atoms with van der Waals surface area (Å²) in [7, 11) is 0. The van der Waals surface area contributed by atoms with Gasteiger partial charge in [-0.2, -0.15) is 0 Å². The Morgan fingerprint density at radius 2 is 1.93 bits per heavy atom. The number of rotatable bonds is 5. The highest BCUT2D eigenvalue weighted by Crippen LogP contribution is 2.29. The fourth-order valence-corrected chi connectivity index (χ4v) is 3.50. The monoisotopic (exact) mass is 397 g/mol. The van der Waals surface area contributed by atoms with E-state index in [2.05, 4.69) is 43.6 Å². The summed E-state index contributed by atoms with van der Waals surface area (Å²) in [5.41, 5.74) is 5.69. The molecule has 5 aromatic rings. The zero-order chi connectivity index (χ0) is 20.5. The van der Waals surface area contributed by atoms with Crippen LogP contribution >= 0.6 is 0 Å². The molecule has 0 fully saturated rings. The van der Waals surface area contributed by atoms with Crippen LogP contribution in [-0.4, -0.2) is 35.3 Å². The van der Waals surface area contributed by atoms with E-state index >= 15 is 0 Å². The zero-order valence-corrected chi connectivity index (χ0v) is 16.6. The van der Waals surface area contributed by atoms with Crippen molar-refractivity contribution in [3.8, 4) is 5.69 Å². The molecule has 1 aromatic carbocycles. The van der Waals surface area contributed by atoms with E-state index < -0.39 is 0 Å². The van der Waals surface area contributed by atoms with E-state index in [0.29, 0.717) is 5.82 Å². The van der Waals surface area contributed by atoms with Crippen molar-refractivity contribution in [2.45, 2.75) is 20.5 Å². The lowest BCUT2D eigenvalue weighted by molar-refractivity contribution is 0.126. The van der Waals surface area contributed by atoms with Gasteiger partial charge in [0.25, 0.3) is 0 Å². The molecular formula is C22H19N7O. The van der Waals surface area contributed by atoms with E-state index in [9.17, 15) is 0 Å². The van der Waals surface area contributed by atoms with Crippen LogP contribution in [0, 0.1) is 13.8 Å². The summed E-state index contributed by atoms with van der Waals surface area (Å²) >= 11 is 0. The van der Waals surface area contributed by atoms with Crippen LogP contribution < -0.4 is 0 Å². The van der Waals surface area contributed by atoms with Crippen LogP contribution in [0.25, 0.3) is 22.4 Å². The van der Waals surface area contributed by atoms with Gasteiger partial charge in [0, 0.05) is 11.9 Å². The lowest BCUT2D eigenvalue weighted by Gasteiger charge is -2.06. The molecule has 0 spiro atoms. The number of hydrogen-bond donors (Lipinski definition) is 0. The van der Waals surface area contributed by atoms with Gasteiger partial charge in [-0.25, -0.2) is 14.5 Å². The number of aryl methyl sites for hydroxylation is 1. The predicted octanol–water partition coefficient (Wildman–Crippen LogP) is 3.63. The normalized spacial score (nSPS) is 11.7. The van der Waals surface area contributed by atoms with Crippen LogP contribution in [0.1, 0.15) is 22.6 Å². The number of aromatic nitrogens is 6. The second-order valence-electron chi connectivity index (χ2n) is 6.92. The van der Waals surface area contributed by atoms with Crippen molar-refractivity contribution in [2.75, 3.05) is 0 Å². The van der Waals surface area contributed by atoms with Crippen LogP contribution in [0.3, 0.4) is 0 Å². The molecule has 148 valence electrons. The second-order valence-corrected chi connectivity index (χ2v) is 6.92. The Morgan fingerprint density at radius 1 is 1.07 bits per heavy atom. The molecule has 30 heavy (non-hydrogen) atoms. The number of pyridine rings is 1. The first-order valence-electron chi connectivity index (χ1n) is 9.55. The van der Waals surface area contributed by atoms with Gasteiger partial charge in [-0.05, 0) is 37.1 Å². The Morgan fingerprint density at radius 3 is 2.73 bits per heavy atom. The Hall–Kier alpha value is -4.07. The molecule has 0 N–H and O–H groups in total. The topological polar surface area (TPSA) is 82.5 Å². The Bertz CT molecular complexity index is 1350. The van der Waals surface area contributed by atoms with Gasteiger partial charge in [0.15, 0.2) is 23.7 Å². The number of benzene rings is 1. The van der Waals surface area contributed by atoms with E-state index in [1.807, 2.05) is 48.7 Å². The standard InChI is InChI=1S/C22H19N7O/c1-15-16(2)29(18-9-6-10-23-12-18)21-20(15)22-26-19(27-28(22)14-24-21)13-30-25-11-17-7-4-3-5-8-17/h3-12,14H,13H2,1-2H3. The first-order valence-corrected chi connectivity index (χ1v) is 9.55. The Balaban J connectivity index is 1.49. The predicted molar refractivity (Wildman–Crippen MR) is 114 cm³/mol. The summed E-state index contributed by atoms with van der Waals surface area (Å²) in [6, 6.07) is 13.7. The molecule has 0 atom stereocenters. The number of nitrogens with zero attached hydrogens (tertiary/aromatic N) is 7. The summed E-state index contributed by atoms with van der Waals surface area (Å²) in [6.45, 7) is 4.31. The third-order valence-electron chi connectivity index (χ3n) is 5.05. The molecule has 5 rings (SSSR count). The molecule has 0 saturated heterocycles. The molecule has 0 saturated carbocycles. The van der Waals surface area contributed by atoms with Crippen LogP contribution in [0.5, 0.6) is 0 Å². The largest absolute Gasteiger partial charge is 0.387 e. The first kappa shape index (κ1) is 18.0. The summed E-state index contributed by atoms with van der Waals surface area (Å²) in [5, 5.41) is 9.45. The summed E-state index contributed by atoms with van der Waals surface area (Å²) in [4.78, 5) is 18.9. The van der Waals surface area contributed by atoms with Crippen LogP contribution in [0.2, 0.25) is 0 Å². The number of fused-ring (bicyclic) bond motifs is 3. The molecule has 8 heteroatoms. The third-order valence-corrected chi connectivity index (χ3v) is 5.05. The molecule has 4 aromatic heterocycles. The fourth-order valence-electron chi connectivity index (χ4n) is 3.50. The van der Waals surface area contributed by atoms with Crippen molar-refractivity contribution in [1.29, 1.82) is 0 Å². The third kappa shape index (κ3) is 3.08. The smallest absolute Gasteiger partial charge is 0.192 e. The van der Waals surface area contributed by atoms with Gasteiger partial charge < -0.3 is 4.84 Å². The molecule has 0 aliphatic rings. The molecule has 0 radical (unpaired) electrons. The van der Waals surface area contributed by atoms with Gasteiger partial charge in [0.2, 0.25) is 0 Å². The maximum absolute atomic E-state index is 5.39. The van der Waals surface area contributed by atoms with Gasteiger partial charge >= 0.3 is 0 Å². The van der Waals surface area contributed by atoms with Crippen molar-refractivity contribution in [1.82, 2.24) is 29.1 Å². The minimum atomic E-state index is 0.174. The van der Waals surface area contributed by atoms with Crippen molar-refractivity contribution >= 4 is 22.9 Å². The van der Waals surface area contributed by atoms with Crippen LogP contribution in [0.4, 0.5) is 0 Å². The van der Waals surface area contributed by atoms with Gasteiger partial charge in [-0.1, -0.05) is 35.5 Å². The van der Waals surface area contributed by atoms with Crippen molar-refractivity contribution in [2.24, 2.45) is 5.16 Å². The molecule has 0 unspecified atom stereocenters. The van der Waals surface area contributed by atoms with Crippen molar-refractivity contribution in [3.63, 3.8) is 0 Å². The van der Waals surface area contributed by atoms with Gasteiger partial charge in [0.05, 0.1) is 23.5 Å². The highest BCUT2D eigenvalue weighted by atomic mass is 16.6. The van der Waals surface area contributed by atoms with Gasteiger partial charge in [-0.15, -0.1) is 5.10 Å². The molecule has 0 amide bonds. The number of hydrogen-bond acceptors (Lipinski definition) is 6. The highest BCUT2D eigenvalue weighted by molar-refractivity contribution is 5.94. The lowest BCUT2D eigenvalue weighted by Crippen LogP contribution is -1.99. The van der Waals surface area contributed by atoms with Gasteiger partial charge in [-0.3, -0.25) is 9.55 Å². The molecule has 4 heterocycles.